The molecule has 2 aromatic heterocycles. The minimum atomic E-state index is -0.253. The molecule has 3 nitrogen and oxygen atoms in total. The zero-order valence-electron chi connectivity index (χ0n) is 11.7. The molecule has 0 amide bonds. The lowest BCUT2D eigenvalue weighted by molar-refractivity contribution is 0.630. The lowest BCUT2D eigenvalue weighted by atomic mass is 10.1. The molecule has 0 radical (unpaired) electrons. The van der Waals surface area contributed by atoms with Crippen molar-refractivity contribution in [3.05, 3.63) is 72.4 Å². The van der Waals surface area contributed by atoms with Gasteiger partial charge in [-0.05, 0) is 42.8 Å². The van der Waals surface area contributed by atoms with Gasteiger partial charge in [0.05, 0.1) is 17.6 Å². The van der Waals surface area contributed by atoms with Gasteiger partial charge in [-0.15, -0.1) is 0 Å². The summed E-state index contributed by atoms with van der Waals surface area (Å²) in [5.41, 5.74) is 9.12. The number of nitrogens with zero attached hydrogens (tertiary/aromatic N) is 2. The van der Waals surface area contributed by atoms with Gasteiger partial charge in [-0.2, -0.15) is 0 Å². The fraction of sp³-hybridized carbons (Fsp3) is 0.118. The third-order valence-corrected chi connectivity index (χ3v) is 3.44. The van der Waals surface area contributed by atoms with Crippen molar-refractivity contribution < 1.29 is 4.39 Å². The van der Waals surface area contributed by atoms with Crippen LogP contribution in [0.25, 0.3) is 16.9 Å². The highest BCUT2D eigenvalue weighted by molar-refractivity contribution is 5.65. The average Bonchev–Trinajstić information content (AvgIpc) is 2.94. The van der Waals surface area contributed by atoms with Gasteiger partial charge >= 0.3 is 0 Å². The minimum Gasteiger partial charge on any atom is -0.324 e. The summed E-state index contributed by atoms with van der Waals surface area (Å²) < 4.78 is 16.0. The molecule has 21 heavy (non-hydrogen) atoms. The molecule has 3 aromatic rings. The molecule has 0 spiro atoms. The quantitative estimate of drug-likeness (QED) is 0.795. The molecule has 0 aliphatic rings. The summed E-state index contributed by atoms with van der Waals surface area (Å²) in [5.74, 6) is -0.253. The fourth-order valence-electron chi connectivity index (χ4n) is 2.32. The summed E-state index contributed by atoms with van der Waals surface area (Å²) in [4.78, 5) is 4.13. The number of benzene rings is 1. The first kappa shape index (κ1) is 13.5. The van der Waals surface area contributed by atoms with Crippen molar-refractivity contribution in [3.63, 3.8) is 0 Å². The van der Waals surface area contributed by atoms with Crippen LogP contribution in [0.4, 0.5) is 4.39 Å². The Morgan fingerprint density at radius 1 is 1.19 bits per heavy atom. The van der Waals surface area contributed by atoms with Crippen LogP contribution in [0.3, 0.4) is 0 Å². The molecule has 1 atom stereocenters. The average molecular weight is 281 g/mol. The molecule has 0 aliphatic carbocycles. The number of halogens is 1. The van der Waals surface area contributed by atoms with Crippen LogP contribution in [0, 0.1) is 5.82 Å². The predicted octanol–water partition coefficient (Wildman–Crippen LogP) is 3.70. The highest BCUT2D eigenvalue weighted by atomic mass is 19.1. The Labute approximate surface area is 122 Å². The molecular formula is C17H16FN3. The molecule has 1 unspecified atom stereocenters. The zero-order chi connectivity index (χ0) is 14.8. The van der Waals surface area contributed by atoms with Gasteiger partial charge in [0, 0.05) is 24.0 Å². The number of pyridine rings is 1. The largest absolute Gasteiger partial charge is 0.324 e. The standard InChI is InChI=1S/C17H16FN3/c1-12(19)13-9-17(15-6-2-3-7-16(15)18)21(11-13)14-5-4-8-20-10-14/h2-12H,19H2,1H3. The summed E-state index contributed by atoms with van der Waals surface area (Å²) in [7, 11) is 0. The van der Waals surface area contributed by atoms with Gasteiger partial charge in [-0.3, -0.25) is 4.98 Å². The number of hydrogen-bond acceptors (Lipinski definition) is 2. The van der Waals surface area contributed by atoms with E-state index in [1.807, 2.05) is 42.0 Å². The molecule has 0 aliphatic heterocycles. The summed E-state index contributed by atoms with van der Waals surface area (Å²) in [6.07, 6.45) is 5.39. The Balaban J connectivity index is 2.22. The van der Waals surface area contributed by atoms with E-state index in [0.717, 1.165) is 16.9 Å². The molecule has 2 N–H and O–H groups in total. The zero-order valence-corrected chi connectivity index (χ0v) is 11.7. The summed E-state index contributed by atoms with van der Waals surface area (Å²) in [6, 6.07) is 12.3. The van der Waals surface area contributed by atoms with E-state index in [0.29, 0.717) is 5.56 Å². The van der Waals surface area contributed by atoms with Crippen molar-refractivity contribution in [1.29, 1.82) is 0 Å². The Morgan fingerprint density at radius 3 is 2.67 bits per heavy atom. The molecular weight excluding hydrogens is 265 g/mol. The normalized spacial score (nSPS) is 12.3. The SMILES string of the molecule is CC(N)c1cc(-c2ccccc2F)n(-c2cccnc2)c1. The molecule has 4 heteroatoms. The van der Waals surface area contributed by atoms with E-state index in [-0.39, 0.29) is 11.9 Å². The molecule has 3 rings (SSSR count). The number of rotatable bonds is 3. The topological polar surface area (TPSA) is 43.8 Å². The maximum absolute atomic E-state index is 14.1. The summed E-state index contributed by atoms with van der Waals surface area (Å²) in [5, 5.41) is 0. The van der Waals surface area contributed by atoms with Crippen molar-refractivity contribution in [3.8, 4) is 16.9 Å². The van der Waals surface area contributed by atoms with Crippen molar-refractivity contribution in [2.45, 2.75) is 13.0 Å². The third-order valence-electron chi connectivity index (χ3n) is 3.44. The van der Waals surface area contributed by atoms with Crippen LogP contribution < -0.4 is 5.73 Å². The second kappa shape index (κ2) is 5.50. The second-order valence-electron chi connectivity index (χ2n) is 5.01. The van der Waals surface area contributed by atoms with Crippen LogP contribution in [0.1, 0.15) is 18.5 Å². The summed E-state index contributed by atoms with van der Waals surface area (Å²) >= 11 is 0. The van der Waals surface area contributed by atoms with Crippen molar-refractivity contribution in [2.24, 2.45) is 5.73 Å². The van der Waals surface area contributed by atoms with E-state index < -0.39 is 0 Å². The Kier molecular flexibility index (Phi) is 3.54. The smallest absolute Gasteiger partial charge is 0.132 e. The van der Waals surface area contributed by atoms with Gasteiger partial charge in [0.1, 0.15) is 5.82 Å². The van der Waals surface area contributed by atoms with Crippen LogP contribution in [-0.2, 0) is 0 Å². The first-order valence-electron chi connectivity index (χ1n) is 6.80. The van der Waals surface area contributed by atoms with Crippen LogP contribution in [0.15, 0.2) is 61.1 Å². The maximum Gasteiger partial charge on any atom is 0.132 e. The van der Waals surface area contributed by atoms with E-state index in [1.165, 1.54) is 6.07 Å². The van der Waals surface area contributed by atoms with Crippen molar-refractivity contribution in [2.75, 3.05) is 0 Å². The Hall–Kier alpha value is -2.46. The van der Waals surface area contributed by atoms with E-state index in [2.05, 4.69) is 4.98 Å². The summed E-state index contributed by atoms with van der Waals surface area (Å²) in [6.45, 7) is 1.91. The molecule has 106 valence electrons. The minimum absolute atomic E-state index is 0.117. The van der Waals surface area contributed by atoms with Gasteiger partial charge in [-0.25, -0.2) is 4.39 Å². The molecule has 1 aromatic carbocycles. The molecule has 0 fully saturated rings. The van der Waals surface area contributed by atoms with E-state index >= 15 is 0 Å². The number of aromatic nitrogens is 2. The molecule has 0 bridgehead atoms. The van der Waals surface area contributed by atoms with Gasteiger partial charge in [0.2, 0.25) is 0 Å². The molecule has 0 saturated heterocycles. The Morgan fingerprint density at radius 2 is 2.00 bits per heavy atom. The van der Waals surface area contributed by atoms with Crippen molar-refractivity contribution >= 4 is 0 Å². The lowest BCUT2D eigenvalue weighted by Gasteiger charge is -2.09. The van der Waals surface area contributed by atoms with Crippen LogP contribution in [-0.4, -0.2) is 9.55 Å². The van der Waals surface area contributed by atoms with E-state index in [4.69, 9.17) is 5.73 Å². The highest BCUT2D eigenvalue weighted by Crippen LogP contribution is 2.29. The predicted molar refractivity (Wildman–Crippen MR) is 81.6 cm³/mol. The Bertz CT molecular complexity index is 748. The first-order chi connectivity index (χ1) is 10.2. The second-order valence-corrected chi connectivity index (χ2v) is 5.01. The van der Waals surface area contributed by atoms with Crippen LogP contribution in [0.2, 0.25) is 0 Å². The van der Waals surface area contributed by atoms with Crippen LogP contribution >= 0.6 is 0 Å². The number of hydrogen-bond donors (Lipinski definition) is 1. The van der Waals surface area contributed by atoms with E-state index in [9.17, 15) is 4.39 Å². The number of nitrogens with two attached hydrogens (primary N) is 1. The first-order valence-corrected chi connectivity index (χ1v) is 6.80. The third kappa shape index (κ3) is 2.58. The molecule has 0 saturated carbocycles. The van der Waals surface area contributed by atoms with Crippen LogP contribution in [0.5, 0.6) is 0 Å². The lowest BCUT2D eigenvalue weighted by Crippen LogP contribution is -2.03. The van der Waals surface area contributed by atoms with Gasteiger partial charge < -0.3 is 10.3 Å². The highest BCUT2D eigenvalue weighted by Gasteiger charge is 2.14. The van der Waals surface area contributed by atoms with Gasteiger partial charge in [-0.1, -0.05) is 12.1 Å². The maximum atomic E-state index is 14.1. The molecule has 2 heterocycles. The van der Waals surface area contributed by atoms with Crippen molar-refractivity contribution in [1.82, 2.24) is 9.55 Å². The monoisotopic (exact) mass is 281 g/mol. The fourth-order valence-corrected chi connectivity index (χ4v) is 2.32. The van der Waals surface area contributed by atoms with Gasteiger partial charge in [0.25, 0.3) is 0 Å². The van der Waals surface area contributed by atoms with Gasteiger partial charge in [0.15, 0.2) is 0 Å². The van der Waals surface area contributed by atoms with E-state index in [1.54, 1.807) is 24.5 Å².